The van der Waals surface area contributed by atoms with Gasteiger partial charge < -0.3 is 11.1 Å². The van der Waals surface area contributed by atoms with Crippen LogP contribution in [0.5, 0.6) is 0 Å². The Bertz CT molecular complexity index is 621. The Balaban J connectivity index is 1.88. The van der Waals surface area contributed by atoms with Crippen molar-refractivity contribution in [3.63, 3.8) is 0 Å². The van der Waals surface area contributed by atoms with Gasteiger partial charge in [-0.1, -0.05) is 11.8 Å². The largest absolute Gasteiger partial charge is 0.349 e. The minimum absolute atomic E-state index is 0.0586. The van der Waals surface area contributed by atoms with Crippen LogP contribution in [0.1, 0.15) is 23.4 Å². The molecule has 0 spiro atoms. The van der Waals surface area contributed by atoms with Gasteiger partial charge in [-0.05, 0) is 19.1 Å². The molecule has 2 aromatic rings. The lowest BCUT2D eigenvalue weighted by Crippen LogP contribution is -2.30. The second-order valence-corrected chi connectivity index (χ2v) is 5.18. The number of nitrogens with two attached hydrogens (primary N) is 1. The summed E-state index contributed by atoms with van der Waals surface area (Å²) in [5.74, 6) is 5.71. The molecule has 0 aliphatic rings. The van der Waals surface area contributed by atoms with Gasteiger partial charge in [-0.25, -0.2) is 0 Å². The molecule has 2 rings (SSSR count). The van der Waals surface area contributed by atoms with E-state index in [0.717, 1.165) is 10.4 Å². The van der Waals surface area contributed by atoms with Crippen LogP contribution in [0.4, 0.5) is 0 Å². The van der Waals surface area contributed by atoms with Crippen LogP contribution in [0.2, 0.25) is 0 Å². The summed E-state index contributed by atoms with van der Waals surface area (Å²) in [6.45, 7) is 2.66. The molecule has 3 N–H and O–H groups in total. The van der Waals surface area contributed by atoms with Crippen LogP contribution in [-0.4, -0.2) is 22.2 Å². The molecule has 0 radical (unpaired) electrons. The normalized spacial score (nSPS) is 11.5. The highest BCUT2D eigenvalue weighted by molar-refractivity contribution is 7.10. The van der Waals surface area contributed by atoms with Gasteiger partial charge in [0.15, 0.2) is 0 Å². The summed E-state index contributed by atoms with van der Waals surface area (Å²) >= 11 is 1.57. The summed E-state index contributed by atoms with van der Waals surface area (Å²) in [5, 5.41) is 8.91. The average molecular weight is 288 g/mol. The first-order chi connectivity index (χ1) is 9.70. The second kappa shape index (κ2) is 6.89. The zero-order chi connectivity index (χ0) is 14.4. The predicted octanol–water partition coefficient (Wildman–Crippen LogP) is 1.13. The third kappa shape index (κ3) is 3.70. The molecule has 0 saturated heterocycles. The predicted molar refractivity (Wildman–Crippen MR) is 79.0 cm³/mol. The van der Waals surface area contributed by atoms with Crippen molar-refractivity contribution in [2.24, 2.45) is 5.73 Å². The van der Waals surface area contributed by atoms with E-state index in [0.29, 0.717) is 13.1 Å². The van der Waals surface area contributed by atoms with E-state index in [2.05, 4.69) is 22.3 Å². The van der Waals surface area contributed by atoms with Crippen LogP contribution in [-0.2, 0) is 11.3 Å². The molecule has 6 heteroatoms. The van der Waals surface area contributed by atoms with E-state index in [9.17, 15) is 4.79 Å². The first kappa shape index (κ1) is 14.3. The van der Waals surface area contributed by atoms with Crippen molar-refractivity contribution in [2.75, 3.05) is 6.54 Å². The fourth-order valence-corrected chi connectivity index (χ4v) is 2.40. The van der Waals surface area contributed by atoms with Crippen LogP contribution in [0.25, 0.3) is 0 Å². The lowest BCUT2D eigenvalue weighted by Gasteiger charge is -2.11. The van der Waals surface area contributed by atoms with E-state index in [-0.39, 0.29) is 11.9 Å². The topological polar surface area (TPSA) is 72.9 Å². The van der Waals surface area contributed by atoms with E-state index in [1.165, 1.54) is 0 Å². The van der Waals surface area contributed by atoms with Gasteiger partial charge in [-0.3, -0.25) is 9.48 Å². The maximum absolute atomic E-state index is 12.0. The number of nitrogens with one attached hydrogen (secondary N) is 1. The van der Waals surface area contributed by atoms with E-state index in [1.54, 1.807) is 34.5 Å². The number of nitrogens with zero attached hydrogens (tertiary/aromatic N) is 2. The maximum Gasteiger partial charge on any atom is 0.244 e. The molecule has 2 heterocycles. The first-order valence-corrected chi connectivity index (χ1v) is 7.12. The van der Waals surface area contributed by atoms with Crippen molar-refractivity contribution < 1.29 is 4.79 Å². The molecule has 2 aromatic heterocycles. The lowest BCUT2D eigenvalue weighted by atomic mass is 10.3. The minimum Gasteiger partial charge on any atom is -0.349 e. The van der Waals surface area contributed by atoms with E-state index in [4.69, 9.17) is 5.73 Å². The smallest absolute Gasteiger partial charge is 0.244 e. The highest BCUT2D eigenvalue weighted by Crippen LogP contribution is 2.14. The first-order valence-electron chi connectivity index (χ1n) is 6.24. The highest BCUT2D eigenvalue weighted by Gasteiger charge is 2.14. The Morgan fingerprint density at radius 1 is 1.65 bits per heavy atom. The molecule has 104 valence electrons. The molecule has 1 amide bonds. The standard InChI is InChI=1S/C14H16N4OS/c1-11(18-7-3-6-17-18)14(19)16-9-13-8-12(10-20-13)4-2-5-15/h3,6-8,10-11H,5,9,15H2,1H3,(H,16,19). The van der Waals surface area contributed by atoms with Gasteiger partial charge in [-0.15, -0.1) is 11.3 Å². The average Bonchev–Trinajstić information content (AvgIpc) is 3.13. The molecule has 5 nitrogen and oxygen atoms in total. The summed E-state index contributed by atoms with van der Waals surface area (Å²) in [7, 11) is 0. The van der Waals surface area contributed by atoms with Gasteiger partial charge in [0.05, 0.1) is 13.1 Å². The SMILES string of the molecule is CC(C(=O)NCc1cc(C#CCN)cs1)n1cccn1. The van der Waals surface area contributed by atoms with Crippen LogP contribution in [0.3, 0.4) is 0 Å². The molecule has 0 aliphatic carbocycles. The molecule has 0 saturated carbocycles. The molecule has 0 aromatic carbocycles. The Labute approximate surface area is 121 Å². The lowest BCUT2D eigenvalue weighted by molar-refractivity contribution is -0.124. The Hall–Kier alpha value is -2.10. The molecule has 20 heavy (non-hydrogen) atoms. The summed E-state index contributed by atoms with van der Waals surface area (Å²) in [6, 6.07) is 3.44. The fraction of sp³-hybridized carbons (Fsp3) is 0.286. The molecule has 0 aliphatic heterocycles. The number of hydrogen-bond acceptors (Lipinski definition) is 4. The molecule has 1 unspecified atom stereocenters. The van der Waals surface area contributed by atoms with Crippen molar-refractivity contribution in [2.45, 2.75) is 19.5 Å². The van der Waals surface area contributed by atoms with Gasteiger partial charge in [0.25, 0.3) is 0 Å². The monoisotopic (exact) mass is 288 g/mol. The Kier molecular flexibility index (Phi) is 4.93. The van der Waals surface area contributed by atoms with Crippen LogP contribution in [0, 0.1) is 11.8 Å². The number of hydrogen-bond donors (Lipinski definition) is 2. The summed E-state index contributed by atoms with van der Waals surface area (Å²) < 4.78 is 1.63. The molecular weight excluding hydrogens is 272 g/mol. The van der Waals surface area contributed by atoms with E-state index in [1.807, 2.05) is 18.4 Å². The molecule has 0 fully saturated rings. The zero-order valence-corrected chi connectivity index (χ0v) is 12.0. The Morgan fingerprint density at radius 2 is 2.50 bits per heavy atom. The fourth-order valence-electron chi connectivity index (χ4n) is 1.64. The van der Waals surface area contributed by atoms with Crippen molar-refractivity contribution >= 4 is 17.2 Å². The second-order valence-electron chi connectivity index (χ2n) is 4.19. The van der Waals surface area contributed by atoms with Crippen molar-refractivity contribution in [1.82, 2.24) is 15.1 Å². The quantitative estimate of drug-likeness (QED) is 0.828. The molecular formula is C14H16N4OS. The van der Waals surface area contributed by atoms with E-state index >= 15 is 0 Å². The highest BCUT2D eigenvalue weighted by atomic mass is 32.1. The Morgan fingerprint density at radius 3 is 3.20 bits per heavy atom. The number of carbonyl (C=O) groups excluding carboxylic acids is 1. The van der Waals surface area contributed by atoms with Crippen LogP contribution >= 0.6 is 11.3 Å². The number of carbonyl (C=O) groups is 1. The molecule has 1 atom stereocenters. The molecule has 0 bridgehead atoms. The number of aromatic nitrogens is 2. The number of rotatable bonds is 4. The third-order valence-corrected chi connectivity index (χ3v) is 3.66. The van der Waals surface area contributed by atoms with Crippen LogP contribution in [0.15, 0.2) is 29.9 Å². The third-order valence-electron chi connectivity index (χ3n) is 2.73. The van der Waals surface area contributed by atoms with Gasteiger partial charge in [0.1, 0.15) is 6.04 Å². The van der Waals surface area contributed by atoms with Crippen molar-refractivity contribution in [3.05, 3.63) is 40.3 Å². The zero-order valence-electron chi connectivity index (χ0n) is 11.2. The maximum atomic E-state index is 12.0. The van der Waals surface area contributed by atoms with Crippen molar-refractivity contribution in [1.29, 1.82) is 0 Å². The number of amides is 1. The summed E-state index contributed by atoms with van der Waals surface area (Å²) in [6.07, 6.45) is 3.43. The number of thiophene rings is 1. The summed E-state index contributed by atoms with van der Waals surface area (Å²) in [5.41, 5.74) is 6.26. The summed E-state index contributed by atoms with van der Waals surface area (Å²) in [4.78, 5) is 13.0. The van der Waals surface area contributed by atoms with Gasteiger partial charge in [-0.2, -0.15) is 5.10 Å². The van der Waals surface area contributed by atoms with Crippen molar-refractivity contribution in [3.8, 4) is 11.8 Å². The van der Waals surface area contributed by atoms with Gasteiger partial charge in [0, 0.05) is 28.2 Å². The minimum atomic E-state index is -0.318. The van der Waals surface area contributed by atoms with E-state index < -0.39 is 0 Å². The van der Waals surface area contributed by atoms with Gasteiger partial charge >= 0.3 is 0 Å². The van der Waals surface area contributed by atoms with Crippen LogP contribution < -0.4 is 11.1 Å². The van der Waals surface area contributed by atoms with Gasteiger partial charge in [0.2, 0.25) is 5.91 Å².